The van der Waals surface area contributed by atoms with Crippen LogP contribution in [0, 0.1) is 5.41 Å². The molecule has 0 amide bonds. The zero-order chi connectivity index (χ0) is 12.9. The van der Waals surface area contributed by atoms with E-state index in [0.29, 0.717) is 6.04 Å². The molecule has 0 saturated heterocycles. The molecule has 0 saturated carbocycles. The lowest BCUT2D eigenvalue weighted by molar-refractivity contribution is 0.358. The van der Waals surface area contributed by atoms with Gasteiger partial charge in [0, 0.05) is 12.6 Å². The monoisotopic (exact) mass is 236 g/mol. The van der Waals surface area contributed by atoms with Crippen LogP contribution >= 0.6 is 0 Å². The Morgan fingerprint density at radius 2 is 1.88 bits per heavy atom. The van der Waals surface area contributed by atoms with Crippen LogP contribution in [0.1, 0.15) is 41.0 Å². The average Bonchev–Trinajstić information content (AvgIpc) is 2.25. The van der Waals surface area contributed by atoms with Crippen molar-refractivity contribution in [1.82, 2.24) is 9.97 Å². The highest BCUT2D eigenvalue weighted by Crippen LogP contribution is 2.22. The van der Waals surface area contributed by atoms with E-state index in [1.165, 1.54) is 0 Å². The second-order valence-electron chi connectivity index (χ2n) is 5.45. The number of aromatic nitrogens is 2. The molecule has 96 valence electrons. The van der Waals surface area contributed by atoms with Crippen molar-refractivity contribution in [3.05, 3.63) is 12.4 Å². The number of hydrogen-bond acceptors (Lipinski definition) is 4. The van der Waals surface area contributed by atoms with Gasteiger partial charge in [-0.3, -0.25) is 4.98 Å². The van der Waals surface area contributed by atoms with Gasteiger partial charge in [-0.1, -0.05) is 27.7 Å². The van der Waals surface area contributed by atoms with Crippen molar-refractivity contribution in [2.75, 3.05) is 17.2 Å². The molecule has 0 aromatic carbocycles. The Kier molecular flexibility index (Phi) is 4.73. The molecule has 1 atom stereocenters. The van der Waals surface area contributed by atoms with Crippen LogP contribution in [0.4, 0.5) is 11.6 Å². The molecular weight excluding hydrogens is 212 g/mol. The fourth-order valence-electron chi connectivity index (χ4n) is 1.21. The molecule has 1 aromatic rings. The number of nitrogens with zero attached hydrogens (tertiary/aromatic N) is 2. The van der Waals surface area contributed by atoms with Crippen LogP contribution in [0.15, 0.2) is 12.4 Å². The smallest absolute Gasteiger partial charge is 0.147 e. The van der Waals surface area contributed by atoms with E-state index >= 15 is 0 Å². The third-order valence-electron chi connectivity index (χ3n) is 2.85. The van der Waals surface area contributed by atoms with E-state index in [4.69, 9.17) is 0 Å². The van der Waals surface area contributed by atoms with Gasteiger partial charge in [-0.2, -0.15) is 0 Å². The number of rotatable bonds is 5. The van der Waals surface area contributed by atoms with E-state index in [2.05, 4.69) is 55.2 Å². The standard InChI is InChI=1S/C13H24N4/c1-6-7-15-11-8-14-9-12(17-11)16-10(2)13(3,4)5/h8-10H,6-7H2,1-5H3,(H2,15,16,17). The zero-order valence-electron chi connectivity index (χ0n) is 11.5. The molecule has 4 nitrogen and oxygen atoms in total. The third kappa shape index (κ3) is 4.59. The summed E-state index contributed by atoms with van der Waals surface area (Å²) in [7, 11) is 0. The largest absolute Gasteiger partial charge is 0.369 e. The van der Waals surface area contributed by atoms with E-state index in [9.17, 15) is 0 Å². The quantitative estimate of drug-likeness (QED) is 0.824. The molecule has 0 spiro atoms. The molecule has 0 radical (unpaired) electrons. The summed E-state index contributed by atoms with van der Waals surface area (Å²) in [5.41, 5.74) is 0.203. The molecule has 1 rings (SSSR count). The Morgan fingerprint density at radius 1 is 1.24 bits per heavy atom. The minimum Gasteiger partial charge on any atom is -0.369 e. The van der Waals surface area contributed by atoms with E-state index in [-0.39, 0.29) is 5.41 Å². The highest BCUT2D eigenvalue weighted by molar-refractivity contribution is 5.42. The number of anilines is 2. The van der Waals surface area contributed by atoms with E-state index in [0.717, 1.165) is 24.6 Å². The molecule has 1 heterocycles. The van der Waals surface area contributed by atoms with Crippen molar-refractivity contribution in [1.29, 1.82) is 0 Å². The normalized spacial score (nSPS) is 13.2. The SMILES string of the molecule is CCCNc1cncc(NC(C)C(C)(C)C)n1. The van der Waals surface area contributed by atoms with E-state index < -0.39 is 0 Å². The fraction of sp³-hybridized carbons (Fsp3) is 0.692. The lowest BCUT2D eigenvalue weighted by Gasteiger charge is -2.28. The Morgan fingerprint density at radius 3 is 2.47 bits per heavy atom. The molecule has 17 heavy (non-hydrogen) atoms. The van der Waals surface area contributed by atoms with Gasteiger partial charge in [0.1, 0.15) is 11.6 Å². The van der Waals surface area contributed by atoms with Gasteiger partial charge in [-0.15, -0.1) is 0 Å². The van der Waals surface area contributed by atoms with Crippen LogP contribution in [0.5, 0.6) is 0 Å². The molecule has 0 aliphatic rings. The van der Waals surface area contributed by atoms with Crippen molar-refractivity contribution in [3.8, 4) is 0 Å². The molecular formula is C13H24N4. The highest BCUT2D eigenvalue weighted by atomic mass is 15.1. The molecule has 4 heteroatoms. The van der Waals surface area contributed by atoms with Gasteiger partial charge in [0.15, 0.2) is 0 Å². The summed E-state index contributed by atoms with van der Waals surface area (Å²) in [4.78, 5) is 8.66. The van der Waals surface area contributed by atoms with Crippen molar-refractivity contribution < 1.29 is 0 Å². The highest BCUT2D eigenvalue weighted by Gasteiger charge is 2.20. The molecule has 0 aliphatic heterocycles. The van der Waals surface area contributed by atoms with E-state index in [1.807, 2.05) is 0 Å². The number of hydrogen-bond donors (Lipinski definition) is 2. The van der Waals surface area contributed by atoms with Gasteiger partial charge in [0.05, 0.1) is 12.4 Å². The van der Waals surface area contributed by atoms with Gasteiger partial charge in [0.25, 0.3) is 0 Å². The first-order valence-corrected chi connectivity index (χ1v) is 6.26. The summed E-state index contributed by atoms with van der Waals surface area (Å²) in [6.45, 7) is 11.8. The van der Waals surface area contributed by atoms with Crippen LogP contribution in [0.3, 0.4) is 0 Å². The first-order chi connectivity index (χ1) is 7.93. The Balaban J connectivity index is 2.65. The lowest BCUT2D eigenvalue weighted by atomic mass is 9.88. The van der Waals surface area contributed by atoms with Crippen LogP contribution in [-0.2, 0) is 0 Å². The van der Waals surface area contributed by atoms with Gasteiger partial charge in [0.2, 0.25) is 0 Å². The third-order valence-corrected chi connectivity index (χ3v) is 2.85. The Labute approximate surface area is 104 Å². The first kappa shape index (κ1) is 13.7. The second kappa shape index (κ2) is 5.84. The Hall–Kier alpha value is -1.32. The minimum atomic E-state index is 0.203. The molecule has 1 unspecified atom stereocenters. The topological polar surface area (TPSA) is 49.8 Å². The predicted octanol–water partition coefficient (Wildman–Crippen LogP) is 3.15. The zero-order valence-corrected chi connectivity index (χ0v) is 11.5. The molecule has 0 fully saturated rings. The maximum atomic E-state index is 4.48. The Bertz CT molecular complexity index is 344. The summed E-state index contributed by atoms with van der Waals surface area (Å²) in [5.74, 6) is 1.66. The maximum Gasteiger partial charge on any atom is 0.147 e. The van der Waals surface area contributed by atoms with Crippen molar-refractivity contribution >= 4 is 11.6 Å². The summed E-state index contributed by atoms with van der Waals surface area (Å²) in [6, 6.07) is 0.346. The summed E-state index contributed by atoms with van der Waals surface area (Å²) >= 11 is 0. The van der Waals surface area contributed by atoms with Gasteiger partial charge >= 0.3 is 0 Å². The van der Waals surface area contributed by atoms with Crippen molar-refractivity contribution in [2.24, 2.45) is 5.41 Å². The lowest BCUT2D eigenvalue weighted by Crippen LogP contribution is -2.31. The van der Waals surface area contributed by atoms with Crippen LogP contribution < -0.4 is 10.6 Å². The first-order valence-electron chi connectivity index (χ1n) is 6.26. The van der Waals surface area contributed by atoms with Gasteiger partial charge in [-0.25, -0.2) is 4.98 Å². The summed E-state index contributed by atoms with van der Waals surface area (Å²) < 4.78 is 0. The molecule has 0 aliphatic carbocycles. The van der Waals surface area contributed by atoms with Crippen molar-refractivity contribution in [2.45, 2.75) is 47.1 Å². The predicted molar refractivity (Wildman–Crippen MR) is 73.4 cm³/mol. The van der Waals surface area contributed by atoms with Crippen LogP contribution in [0.2, 0.25) is 0 Å². The van der Waals surface area contributed by atoms with Crippen LogP contribution in [0.25, 0.3) is 0 Å². The second-order valence-corrected chi connectivity index (χ2v) is 5.45. The van der Waals surface area contributed by atoms with E-state index in [1.54, 1.807) is 12.4 Å². The molecule has 2 N–H and O–H groups in total. The number of nitrogens with one attached hydrogen (secondary N) is 2. The summed E-state index contributed by atoms with van der Waals surface area (Å²) in [6.07, 6.45) is 4.60. The summed E-state index contributed by atoms with van der Waals surface area (Å²) in [5, 5.41) is 6.62. The molecule has 0 bridgehead atoms. The minimum absolute atomic E-state index is 0.203. The van der Waals surface area contributed by atoms with Gasteiger partial charge < -0.3 is 10.6 Å². The van der Waals surface area contributed by atoms with Crippen LogP contribution in [-0.4, -0.2) is 22.6 Å². The van der Waals surface area contributed by atoms with Gasteiger partial charge in [-0.05, 0) is 18.8 Å². The molecule has 1 aromatic heterocycles. The average molecular weight is 236 g/mol. The fourth-order valence-corrected chi connectivity index (χ4v) is 1.21. The van der Waals surface area contributed by atoms with Crippen molar-refractivity contribution in [3.63, 3.8) is 0 Å². The maximum absolute atomic E-state index is 4.48.